The van der Waals surface area contributed by atoms with Gasteiger partial charge in [0.05, 0.1) is 168 Å². The molecule has 15 heteroatoms. The third kappa shape index (κ3) is 12.3. The average molecular weight is 1870 g/mol. The van der Waals surface area contributed by atoms with Crippen molar-refractivity contribution in [2.24, 2.45) is 0 Å². The molecule has 21 aromatic carbocycles. The zero-order valence-corrected chi connectivity index (χ0v) is 78.5. The summed E-state index contributed by atoms with van der Waals surface area (Å²) in [5.41, 5.74) is 31.2. The van der Waals surface area contributed by atoms with Gasteiger partial charge in [-0.1, -0.05) is 255 Å². The van der Waals surface area contributed by atoms with Crippen molar-refractivity contribution in [1.29, 1.82) is 31.6 Å². The zero-order chi connectivity index (χ0) is 97.9. The lowest BCUT2D eigenvalue weighted by Gasteiger charge is -2.11. The second-order valence-electron chi connectivity index (χ2n) is 37.1. The highest BCUT2D eigenvalue weighted by atomic mass is 15.1. The normalized spacial score (nSPS) is 11.6. The Morgan fingerprint density at radius 3 is 0.782 bits per heavy atom. The van der Waals surface area contributed by atoms with E-state index in [1.165, 1.54) is 10.8 Å². The zero-order valence-electron chi connectivity index (χ0n) is 78.5. The summed E-state index contributed by atoms with van der Waals surface area (Å²) in [6.07, 6.45) is 0. The van der Waals surface area contributed by atoms with Gasteiger partial charge in [-0.05, 0) is 200 Å². The molecule has 9 aromatic heterocycles. The summed E-state index contributed by atoms with van der Waals surface area (Å²) in [4.78, 5) is 0. The molecular weight excluding hydrogens is 1800 g/mol. The van der Waals surface area contributed by atoms with E-state index in [1.807, 2.05) is 127 Å². The van der Waals surface area contributed by atoms with E-state index in [1.54, 1.807) is 0 Å². The molecule has 9 heterocycles. The summed E-state index contributed by atoms with van der Waals surface area (Å²) >= 11 is 0. The van der Waals surface area contributed by atoms with Gasteiger partial charge < -0.3 is 41.1 Å². The van der Waals surface area contributed by atoms with Gasteiger partial charge in [0.25, 0.3) is 0 Å². The van der Waals surface area contributed by atoms with Crippen molar-refractivity contribution in [3.8, 4) is 87.6 Å². The van der Waals surface area contributed by atoms with E-state index < -0.39 is 0 Å². The lowest BCUT2D eigenvalue weighted by atomic mass is 10.0. The topological polar surface area (TPSA) is 187 Å². The minimum atomic E-state index is 0.572. The van der Waals surface area contributed by atoms with E-state index in [0.29, 0.717) is 33.4 Å². The van der Waals surface area contributed by atoms with Crippen LogP contribution in [-0.2, 0) is 0 Å². The smallest absolute Gasteiger partial charge is 0.101 e. The summed E-state index contributed by atoms with van der Waals surface area (Å²) in [6, 6.07) is 171. The van der Waals surface area contributed by atoms with Gasteiger partial charge in [-0.3, -0.25) is 0 Å². The summed E-state index contributed by atoms with van der Waals surface area (Å²) in [5.74, 6) is 0. The van der Waals surface area contributed by atoms with Crippen LogP contribution in [0.3, 0.4) is 0 Å². The van der Waals surface area contributed by atoms with Crippen molar-refractivity contribution in [1.82, 2.24) is 41.1 Å². The Hall–Kier alpha value is -21.2. The van der Waals surface area contributed by atoms with Gasteiger partial charge in [0.2, 0.25) is 0 Å². The van der Waals surface area contributed by atoms with Gasteiger partial charge in [0.15, 0.2) is 0 Å². The van der Waals surface area contributed by atoms with Gasteiger partial charge >= 0.3 is 0 Å². The number of hydrogen-bond donors (Lipinski definition) is 0. The molecule has 30 rings (SSSR count). The Kier molecular flexibility index (Phi) is 19.0. The molecular formula is C132H75N15. The molecule has 30 aromatic rings. The third-order valence-corrected chi connectivity index (χ3v) is 29.6. The largest absolute Gasteiger partial charge is 0.309 e. The highest BCUT2D eigenvalue weighted by Crippen LogP contribution is 2.53. The predicted molar refractivity (Wildman–Crippen MR) is 597 cm³/mol. The van der Waals surface area contributed by atoms with Crippen molar-refractivity contribution in [2.45, 2.75) is 0 Å². The second-order valence-corrected chi connectivity index (χ2v) is 37.1. The molecule has 147 heavy (non-hydrogen) atoms. The Morgan fingerprint density at radius 2 is 0.381 bits per heavy atom. The van der Waals surface area contributed by atoms with Crippen molar-refractivity contribution < 1.29 is 0 Å². The molecule has 0 aliphatic carbocycles. The molecule has 678 valence electrons. The van der Waals surface area contributed by atoms with E-state index in [2.05, 4.69) is 405 Å². The maximum absolute atomic E-state index is 10.9. The highest BCUT2D eigenvalue weighted by molar-refractivity contribution is 6.37. The monoisotopic (exact) mass is 1870 g/mol. The Labute approximate surface area is 839 Å². The second kappa shape index (κ2) is 33.2. The summed E-state index contributed by atoms with van der Waals surface area (Å²) in [6.45, 7) is 0. The fourth-order valence-corrected chi connectivity index (χ4v) is 23.9. The molecule has 0 saturated heterocycles. The Morgan fingerprint density at radius 1 is 0.129 bits per heavy atom. The molecule has 0 aliphatic heterocycles. The SMILES string of the molecule is N#Cc1cccc(-n2c3ccccc3c3c2ccc2c4ccc5c(c6c(C#N)cccc6n5-c5ccccc5)c4n(-c4ccccc4)c23)c1.N#Cc1ccccc1-n1c2cccc(C#N)c2c2c1ccc1c3ccc4c(c5ccccc5n4-c4ccccc4)c3n(-c3ccccc3)c12.N#Cc1ccccc1-n1c2ccccc2c2c1ccc1c3c(C#N)cc4c(c5ccccc5n4-c4ccccc4)c3n(-c3ccccc3)c12. The van der Waals surface area contributed by atoms with Gasteiger partial charge in [0, 0.05) is 137 Å². The quantitative estimate of drug-likeness (QED) is 0.138. The number of aromatic nitrogens is 9. The molecule has 0 amide bonds. The van der Waals surface area contributed by atoms with E-state index >= 15 is 0 Å². The first-order valence-corrected chi connectivity index (χ1v) is 48.7. The predicted octanol–water partition coefficient (Wildman–Crippen LogP) is 32.2. The van der Waals surface area contributed by atoms with Crippen LogP contribution in [0.4, 0.5) is 0 Å². The number of nitrogens with zero attached hydrogens (tertiary/aromatic N) is 15. The first-order valence-electron chi connectivity index (χ1n) is 48.7. The maximum Gasteiger partial charge on any atom is 0.101 e. The number of benzene rings is 21. The maximum atomic E-state index is 10.9. The summed E-state index contributed by atoms with van der Waals surface area (Å²) in [7, 11) is 0. The van der Waals surface area contributed by atoms with Crippen LogP contribution in [0.5, 0.6) is 0 Å². The molecule has 0 fully saturated rings. The minimum absolute atomic E-state index is 0.572. The molecule has 0 spiro atoms. The van der Waals surface area contributed by atoms with Crippen LogP contribution in [0.15, 0.2) is 455 Å². The molecule has 0 aliphatic rings. The van der Waals surface area contributed by atoms with Crippen LogP contribution in [0.25, 0.3) is 247 Å². The molecule has 0 N–H and O–H groups in total. The van der Waals surface area contributed by atoms with Crippen molar-refractivity contribution in [3.05, 3.63) is 488 Å². The average Bonchev–Trinajstić information content (AvgIpc) is 1.54. The summed E-state index contributed by atoms with van der Waals surface area (Å²) < 4.78 is 20.7. The van der Waals surface area contributed by atoms with Crippen LogP contribution >= 0.6 is 0 Å². The van der Waals surface area contributed by atoms with E-state index in [9.17, 15) is 31.6 Å². The van der Waals surface area contributed by atoms with Crippen LogP contribution in [0.2, 0.25) is 0 Å². The fourth-order valence-electron chi connectivity index (χ4n) is 23.9. The van der Waals surface area contributed by atoms with Crippen LogP contribution in [0.1, 0.15) is 33.4 Å². The van der Waals surface area contributed by atoms with E-state index in [4.69, 9.17) is 0 Å². The number of hydrogen-bond acceptors (Lipinski definition) is 6. The molecule has 0 saturated carbocycles. The van der Waals surface area contributed by atoms with Gasteiger partial charge in [-0.2, -0.15) is 31.6 Å². The Balaban J connectivity index is 0.000000107. The fraction of sp³-hybridized carbons (Fsp3) is 0. The number of nitriles is 6. The van der Waals surface area contributed by atoms with Gasteiger partial charge in [-0.25, -0.2) is 0 Å². The van der Waals surface area contributed by atoms with Crippen LogP contribution < -0.4 is 0 Å². The number of fused-ring (bicyclic) bond motifs is 33. The molecule has 0 atom stereocenters. The molecule has 0 bridgehead atoms. The van der Waals surface area contributed by atoms with Crippen molar-refractivity contribution in [3.63, 3.8) is 0 Å². The Bertz CT molecular complexity index is 11200. The van der Waals surface area contributed by atoms with Crippen molar-refractivity contribution in [2.75, 3.05) is 0 Å². The van der Waals surface area contributed by atoms with Gasteiger partial charge in [-0.15, -0.1) is 0 Å². The lowest BCUT2D eigenvalue weighted by Crippen LogP contribution is -1.97. The van der Waals surface area contributed by atoms with E-state index in [-0.39, 0.29) is 0 Å². The van der Waals surface area contributed by atoms with E-state index in [0.717, 1.165) is 237 Å². The van der Waals surface area contributed by atoms with Crippen LogP contribution in [0, 0.1) is 68.0 Å². The van der Waals surface area contributed by atoms with Crippen LogP contribution in [-0.4, -0.2) is 41.1 Å². The number of para-hydroxylation sites is 12. The summed E-state index contributed by atoms with van der Waals surface area (Å²) in [5, 5.41) is 81.2. The van der Waals surface area contributed by atoms with Gasteiger partial charge in [0.1, 0.15) is 12.1 Å². The molecule has 15 nitrogen and oxygen atoms in total. The third-order valence-electron chi connectivity index (χ3n) is 29.6. The number of rotatable bonds is 9. The first kappa shape index (κ1) is 83.9. The first-order chi connectivity index (χ1) is 72.8. The van der Waals surface area contributed by atoms with Crippen molar-refractivity contribution >= 4 is 196 Å². The standard InChI is InChI=1S/3C44H25N5/c45-26-28-13-7-10-20-35(28)49-37-22-12-9-19-33(37)41-38(49)24-23-34-40-29(27-46)25-39-42(44(40)48(43(34)41)31-16-5-2-6-17-31)32-18-8-11-21-36(32)47(39)30-14-3-1-4-15-30;45-26-28-12-7-9-19-35(28)49-37-21-11-13-29(27-46)40(37)42-39(49)25-23-33-32-22-24-38-41(43(32)48(44(33)42)31-16-5-2-6-17-31)34-18-8-10-20-36(34)47(38)30-14-3-1-4-15-30;45-26-28-11-9-17-32(25-28)48-36-19-8-7-18-35(36)41-38(48)23-21-33-34-22-24-39-42(44(34)49(43(33)41)31-15-5-2-6-16-31)40-29(27-46)12-10-20-37(40)47(39)30-13-3-1-4-14-30/h3*1-25H. The molecule has 0 unspecified atom stereocenters. The highest BCUT2D eigenvalue weighted by Gasteiger charge is 2.33. The molecule has 0 radical (unpaired) electrons. The minimum Gasteiger partial charge on any atom is -0.309 e. The lowest BCUT2D eigenvalue weighted by molar-refractivity contribution is 1.16.